The zero-order valence-corrected chi connectivity index (χ0v) is 13.8. The van der Waals surface area contributed by atoms with Crippen molar-refractivity contribution in [3.63, 3.8) is 0 Å². The van der Waals surface area contributed by atoms with E-state index in [1.807, 2.05) is 13.8 Å². The maximum Gasteiger partial charge on any atom is 0.329 e. The Morgan fingerprint density at radius 1 is 1.10 bits per heavy atom. The molecule has 0 aromatic heterocycles. The van der Waals surface area contributed by atoms with Crippen LogP contribution in [0.5, 0.6) is 0 Å². The van der Waals surface area contributed by atoms with Gasteiger partial charge in [0.05, 0.1) is 0 Å². The molecule has 0 aromatic rings. The first kappa shape index (κ1) is 18.0. The molecule has 0 spiro atoms. The lowest BCUT2D eigenvalue weighted by Crippen LogP contribution is -2.55. The van der Waals surface area contributed by atoms with Crippen LogP contribution in [0.15, 0.2) is 0 Å². The summed E-state index contributed by atoms with van der Waals surface area (Å²) in [6, 6.07) is 0. The number of carboxylic acids is 1. The number of unbranched alkanes of at least 4 members (excludes halogenated alkanes) is 1. The van der Waals surface area contributed by atoms with Crippen molar-refractivity contribution in [3.8, 4) is 0 Å². The fourth-order valence-electron chi connectivity index (χ4n) is 3.33. The fraction of sp³-hybridized carbons (Fsp3) is 0.882. The number of amides is 1. The van der Waals surface area contributed by atoms with Gasteiger partial charge >= 0.3 is 5.97 Å². The minimum atomic E-state index is -1.09. The van der Waals surface area contributed by atoms with Gasteiger partial charge in [-0.15, -0.1) is 0 Å². The van der Waals surface area contributed by atoms with E-state index in [1.165, 1.54) is 19.3 Å². The predicted octanol–water partition coefficient (Wildman–Crippen LogP) is 3.74. The Kier molecular flexibility index (Phi) is 7.20. The molecule has 0 atom stereocenters. The Labute approximate surface area is 128 Å². The van der Waals surface area contributed by atoms with Crippen molar-refractivity contribution in [3.05, 3.63) is 0 Å². The largest absolute Gasteiger partial charge is 0.480 e. The first-order valence-electron chi connectivity index (χ1n) is 8.54. The molecular formula is C17H31NO3. The van der Waals surface area contributed by atoms with Gasteiger partial charge in [0.2, 0.25) is 5.91 Å². The summed E-state index contributed by atoms with van der Waals surface area (Å²) in [5.41, 5.74) is -1.09. The van der Waals surface area contributed by atoms with Gasteiger partial charge in [-0.25, -0.2) is 4.79 Å². The summed E-state index contributed by atoms with van der Waals surface area (Å²) in [6.07, 6.45) is 8.66. The van der Waals surface area contributed by atoms with Crippen LogP contribution in [-0.2, 0) is 9.59 Å². The molecule has 0 bridgehead atoms. The molecule has 1 aliphatic carbocycles. The van der Waals surface area contributed by atoms with Crippen LogP contribution in [0.2, 0.25) is 0 Å². The first-order chi connectivity index (χ1) is 9.99. The molecule has 1 amide bonds. The van der Waals surface area contributed by atoms with Crippen molar-refractivity contribution < 1.29 is 14.7 Å². The zero-order chi connectivity index (χ0) is 15.9. The number of carbonyl (C=O) groups excluding carboxylic acids is 1. The zero-order valence-electron chi connectivity index (χ0n) is 13.8. The van der Waals surface area contributed by atoms with E-state index in [4.69, 9.17) is 0 Å². The Morgan fingerprint density at radius 3 is 2.10 bits per heavy atom. The van der Waals surface area contributed by atoms with Crippen LogP contribution in [-0.4, -0.2) is 22.5 Å². The minimum Gasteiger partial charge on any atom is -0.480 e. The molecule has 4 heteroatoms. The Hall–Kier alpha value is -1.06. The summed E-state index contributed by atoms with van der Waals surface area (Å²) >= 11 is 0. The average Bonchev–Trinajstić information content (AvgIpc) is 2.50. The van der Waals surface area contributed by atoms with E-state index in [9.17, 15) is 14.7 Å². The van der Waals surface area contributed by atoms with Gasteiger partial charge in [-0.2, -0.15) is 0 Å². The van der Waals surface area contributed by atoms with Gasteiger partial charge < -0.3 is 10.4 Å². The molecule has 0 radical (unpaired) electrons. The quantitative estimate of drug-likeness (QED) is 0.717. The highest BCUT2D eigenvalue weighted by atomic mass is 16.4. The van der Waals surface area contributed by atoms with Gasteiger partial charge in [0, 0.05) is 5.92 Å². The second kappa shape index (κ2) is 8.40. The maximum absolute atomic E-state index is 12.4. The fourth-order valence-corrected chi connectivity index (χ4v) is 3.33. The molecule has 1 rings (SSSR count). The molecule has 122 valence electrons. The smallest absolute Gasteiger partial charge is 0.329 e. The molecule has 0 aromatic carbocycles. The lowest BCUT2D eigenvalue weighted by molar-refractivity contribution is -0.149. The summed E-state index contributed by atoms with van der Waals surface area (Å²) in [7, 11) is 0. The first-order valence-corrected chi connectivity index (χ1v) is 8.54. The lowest BCUT2D eigenvalue weighted by atomic mass is 9.79. The van der Waals surface area contributed by atoms with Crippen molar-refractivity contribution in [1.82, 2.24) is 5.32 Å². The maximum atomic E-state index is 12.4. The van der Waals surface area contributed by atoms with Gasteiger partial charge in [-0.05, 0) is 44.4 Å². The normalized spacial score (nSPS) is 22.8. The van der Waals surface area contributed by atoms with E-state index in [1.54, 1.807) is 0 Å². The van der Waals surface area contributed by atoms with Gasteiger partial charge in [-0.3, -0.25) is 4.79 Å². The molecule has 1 aliphatic rings. The van der Waals surface area contributed by atoms with Crippen LogP contribution in [0.1, 0.15) is 78.6 Å². The highest BCUT2D eigenvalue weighted by molar-refractivity contribution is 5.88. The third-order valence-corrected chi connectivity index (χ3v) is 5.16. The molecule has 1 saturated carbocycles. The van der Waals surface area contributed by atoms with Crippen molar-refractivity contribution in [2.45, 2.75) is 84.1 Å². The lowest BCUT2D eigenvalue weighted by Gasteiger charge is -2.33. The highest BCUT2D eigenvalue weighted by Crippen LogP contribution is 2.32. The molecular weight excluding hydrogens is 266 g/mol. The van der Waals surface area contributed by atoms with Crippen LogP contribution in [0.4, 0.5) is 0 Å². The molecule has 21 heavy (non-hydrogen) atoms. The number of rotatable bonds is 8. The second-order valence-electron chi connectivity index (χ2n) is 6.44. The van der Waals surface area contributed by atoms with E-state index in [0.29, 0.717) is 12.8 Å². The van der Waals surface area contributed by atoms with Gasteiger partial charge in [0.1, 0.15) is 5.54 Å². The van der Waals surface area contributed by atoms with Gasteiger partial charge in [0.15, 0.2) is 0 Å². The molecule has 2 N–H and O–H groups in total. The third-order valence-electron chi connectivity index (χ3n) is 5.16. The summed E-state index contributed by atoms with van der Waals surface area (Å²) in [5, 5.41) is 12.2. The number of nitrogens with one attached hydrogen (secondary N) is 1. The van der Waals surface area contributed by atoms with Crippen LogP contribution in [0.3, 0.4) is 0 Å². The monoisotopic (exact) mass is 297 g/mol. The molecule has 0 unspecified atom stereocenters. The van der Waals surface area contributed by atoms with E-state index in [2.05, 4.69) is 12.2 Å². The van der Waals surface area contributed by atoms with Crippen molar-refractivity contribution in [2.24, 2.45) is 11.8 Å². The minimum absolute atomic E-state index is 0.000276. The van der Waals surface area contributed by atoms with Gasteiger partial charge in [0.25, 0.3) is 0 Å². The molecule has 4 nitrogen and oxygen atoms in total. The molecule has 1 fully saturated rings. The van der Waals surface area contributed by atoms with Crippen molar-refractivity contribution in [1.29, 1.82) is 0 Å². The number of hydrogen-bond donors (Lipinski definition) is 2. The van der Waals surface area contributed by atoms with E-state index in [0.717, 1.165) is 31.6 Å². The summed E-state index contributed by atoms with van der Waals surface area (Å²) in [5.74, 6) is -0.220. The van der Waals surface area contributed by atoms with Crippen LogP contribution in [0.25, 0.3) is 0 Å². The predicted molar refractivity (Wildman–Crippen MR) is 84.1 cm³/mol. The second-order valence-corrected chi connectivity index (χ2v) is 6.44. The SMILES string of the molecule is CCCCC1CCC(C(=O)NC(CC)(CC)C(=O)O)CC1. The van der Waals surface area contributed by atoms with Gasteiger partial charge in [-0.1, -0.05) is 40.0 Å². The standard InChI is InChI=1S/C17H31NO3/c1-4-7-8-13-9-11-14(12-10-13)15(19)18-17(5-2,6-3)16(20)21/h13-14H,4-12H2,1-3H3,(H,18,19)(H,20,21). The number of carbonyl (C=O) groups is 2. The highest BCUT2D eigenvalue weighted by Gasteiger charge is 2.38. The number of aliphatic carboxylic acids is 1. The van der Waals surface area contributed by atoms with E-state index in [-0.39, 0.29) is 11.8 Å². The Morgan fingerprint density at radius 2 is 1.67 bits per heavy atom. The molecule has 0 saturated heterocycles. The number of carboxylic acid groups (broad SMARTS) is 1. The van der Waals surface area contributed by atoms with Crippen LogP contribution >= 0.6 is 0 Å². The summed E-state index contributed by atoms with van der Waals surface area (Å²) in [4.78, 5) is 23.8. The van der Waals surface area contributed by atoms with Crippen molar-refractivity contribution >= 4 is 11.9 Å². The van der Waals surface area contributed by atoms with Crippen LogP contribution < -0.4 is 5.32 Å². The van der Waals surface area contributed by atoms with E-state index < -0.39 is 11.5 Å². The molecule has 0 heterocycles. The van der Waals surface area contributed by atoms with E-state index >= 15 is 0 Å². The third kappa shape index (κ3) is 4.72. The average molecular weight is 297 g/mol. The van der Waals surface area contributed by atoms with Crippen molar-refractivity contribution in [2.75, 3.05) is 0 Å². The summed E-state index contributed by atoms with van der Waals surface area (Å²) in [6.45, 7) is 5.85. The topological polar surface area (TPSA) is 66.4 Å². The number of hydrogen-bond acceptors (Lipinski definition) is 2. The Balaban J connectivity index is 2.52. The summed E-state index contributed by atoms with van der Waals surface area (Å²) < 4.78 is 0. The van der Waals surface area contributed by atoms with Crippen LogP contribution in [0, 0.1) is 11.8 Å². The molecule has 0 aliphatic heterocycles. The Bertz CT molecular complexity index is 342.